The van der Waals surface area contributed by atoms with E-state index in [9.17, 15) is 0 Å². The fraction of sp³-hybridized carbons (Fsp3) is 0.364. The molecule has 0 radical (unpaired) electrons. The van der Waals surface area contributed by atoms with Crippen LogP contribution in [0.1, 0.15) is 6.42 Å². The Morgan fingerprint density at radius 2 is 2.29 bits per heavy atom. The molecule has 3 heterocycles. The summed E-state index contributed by atoms with van der Waals surface area (Å²) in [6.07, 6.45) is 6.47. The number of aromatic amines is 1. The van der Waals surface area contributed by atoms with Crippen LogP contribution in [0.25, 0.3) is 11.2 Å². The van der Waals surface area contributed by atoms with Crippen LogP contribution in [-0.2, 0) is 0 Å². The molecular formula is C11H14N6. The van der Waals surface area contributed by atoms with E-state index in [1.54, 1.807) is 6.33 Å². The van der Waals surface area contributed by atoms with Gasteiger partial charge in [0.2, 0.25) is 0 Å². The third-order valence-electron chi connectivity index (χ3n) is 2.86. The lowest BCUT2D eigenvalue weighted by Gasteiger charge is -2.14. The third-order valence-corrected chi connectivity index (χ3v) is 2.86. The van der Waals surface area contributed by atoms with Gasteiger partial charge >= 0.3 is 0 Å². The maximum atomic E-state index is 4.23. The SMILES string of the molecule is C1=C(CNc2ncnc3nc[nH]c23)CCNC1. The zero-order valence-electron chi connectivity index (χ0n) is 9.40. The van der Waals surface area contributed by atoms with Crippen molar-refractivity contribution >= 4 is 17.0 Å². The number of fused-ring (bicyclic) bond motifs is 1. The van der Waals surface area contributed by atoms with E-state index in [1.165, 1.54) is 11.9 Å². The molecule has 0 spiro atoms. The number of rotatable bonds is 3. The molecule has 0 saturated carbocycles. The summed E-state index contributed by atoms with van der Waals surface area (Å²) in [5.74, 6) is 0.812. The highest BCUT2D eigenvalue weighted by atomic mass is 15.1. The summed E-state index contributed by atoms with van der Waals surface area (Å²) in [6.45, 7) is 2.84. The molecule has 0 unspecified atom stereocenters. The van der Waals surface area contributed by atoms with Crippen molar-refractivity contribution in [1.29, 1.82) is 0 Å². The highest BCUT2D eigenvalue weighted by Crippen LogP contribution is 2.15. The van der Waals surface area contributed by atoms with Crippen LogP contribution in [0.5, 0.6) is 0 Å². The average Bonchev–Trinajstić information content (AvgIpc) is 2.86. The van der Waals surface area contributed by atoms with E-state index in [4.69, 9.17) is 0 Å². The Hall–Kier alpha value is -1.95. The molecule has 0 aliphatic carbocycles. The summed E-state index contributed by atoms with van der Waals surface area (Å²) in [4.78, 5) is 15.5. The van der Waals surface area contributed by atoms with Gasteiger partial charge in [-0.1, -0.05) is 11.6 Å². The summed E-state index contributed by atoms with van der Waals surface area (Å²) in [7, 11) is 0. The maximum Gasteiger partial charge on any atom is 0.182 e. The van der Waals surface area contributed by atoms with Crippen LogP contribution in [0.3, 0.4) is 0 Å². The van der Waals surface area contributed by atoms with Gasteiger partial charge in [0, 0.05) is 13.1 Å². The molecule has 17 heavy (non-hydrogen) atoms. The number of imidazole rings is 1. The molecule has 3 rings (SSSR count). The minimum atomic E-state index is 0.696. The van der Waals surface area contributed by atoms with Crippen molar-refractivity contribution in [3.05, 3.63) is 24.3 Å². The number of H-pyrrole nitrogens is 1. The van der Waals surface area contributed by atoms with Crippen molar-refractivity contribution in [2.75, 3.05) is 25.0 Å². The third kappa shape index (κ3) is 2.12. The van der Waals surface area contributed by atoms with Crippen LogP contribution in [-0.4, -0.2) is 39.6 Å². The number of hydrogen-bond donors (Lipinski definition) is 3. The van der Waals surface area contributed by atoms with Crippen molar-refractivity contribution < 1.29 is 0 Å². The minimum Gasteiger partial charge on any atom is -0.364 e. The molecule has 2 aromatic heterocycles. The normalized spacial score (nSPS) is 15.9. The fourth-order valence-corrected chi connectivity index (χ4v) is 1.93. The fourth-order valence-electron chi connectivity index (χ4n) is 1.93. The summed E-state index contributed by atoms with van der Waals surface area (Å²) in [5, 5.41) is 6.62. The van der Waals surface area contributed by atoms with E-state index in [-0.39, 0.29) is 0 Å². The topological polar surface area (TPSA) is 78.5 Å². The maximum absolute atomic E-state index is 4.23. The second kappa shape index (κ2) is 4.50. The largest absolute Gasteiger partial charge is 0.364 e. The molecule has 0 bridgehead atoms. The lowest BCUT2D eigenvalue weighted by atomic mass is 10.1. The van der Waals surface area contributed by atoms with E-state index < -0.39 is 0 Å². The molecule has 0 saturated heterocycles. The first-order valence-corrected chi connectivity index (χ1v) is 5.70. The van der Waals surface area contributed by atoms with Gasteiger partial charge in [0.25, 0.3) is 0 Å². The van der Waals surface area contributed by atoms with Crippen molar-refractivity contribution in [3.63, 3.8) is 0 Å². The van der Waals surface area contributed by atoms with Gasteiger partial charge in [-0.3, -0.25) is 0 Å². The number of anilines is 1. The molecular weight excluding hydrogens is 216 g/mol. The molecule has 3 N–H and O–H groups in total. The Morgan fingerprint density at radius 3 is 3.18 bits per heavy atom. The Balaban J connectivity index is 1.76. The Bertz CT molecular complexity index is 544. The molecule has 0 aromatic carbocycles. The van der Waals surface area contributed by atoms with Crippen LogP contribution in [0, 0.1) is 0 Å². The van der Waals surface area contributed by atoms with E-state index in [2.05, 4.69) is 36.6 Å². The van der Waals surface area contributed by atoms with Gasteiger partial charge in [-0.2, -0.15) is 0 Å². The number of nitrogens with one attached hydrogen (secondary N) is 3. The molecule has 0 amide bonds. The molecule has 2 aromatic rings. The second-order valence-electron chi connectivity index (χ2n) is 3.99. The number of nitrogens with zero attached hydrogens (tertiary/aromatic N) is 3. The summed E-state index contributed by atoms with van der Waals surface area (Å²) < 4.78 is 0. The molecule has 6 heteroatoms. The van der Waals surface area contributed by atoms with Crippen molar-refractivity contribution in [2.24, 2.45) is 0 Å². The monoisotopic (exact) mass is 230 g/mol. The van der Waals surface area contributed by atoms with Crippen LogP contribution in [0.2, 0.25) is 0 Å². The first-order valence-electron chi connectivity index (χ1n) is 5.70. The average molecular weight is 230 g/mol. The first-order chi connectivity index (χ1) is 8.43. The minimum absolute atomic E-state index is 0.696. The Kier molecular flexibility index (Phi) is 2.71. The van der Waals surface area contributed by atoms with Gasteiger partial charge in [0.1, 0.15) is 11.8 Å². The summed E-state index contributed by atoms with van der Waals surface area (Å²) in [6, 6.07) is 0. The van der Waals surface area contributed by atoms with Crippen LogP contribution >= 0.6 is 0 Å². The molecule has 0 atom stereocenters. The van der Waals surface area contributed by atoms with Gasteiger partial charge in [-0.15, -0.1) is 0 Å². The predicted octanol–water partition coefficient (Wildman–Crippen LogP) is 0.684. The van der Waals surface area contributed by atoms with Gasteiger partial charge in [0.15, 0.2) is 11.5 Å². The smallest absolute Gasteiger partial charge is 0.182 e. The predicted molar refractivity (Wildman–Crippen MR) is 65.7 cm³/mol. The highest BCUT2D eigenvalue weighted by Gasteiger charge is 2.07. The molecule has 1 aliphatic rings. The Labute approximate surface area is 98.6 Å². The highest BCUT2D eigenvalue weighted by molar-refractivity contribution is 5.81. The van der Waals surface area contributed by atoms with Crippen molar-refractivity contribution in [3.8, 4) is 0 Å². The van der Waals surface area contributed by atoms with Gasteiger partial charge in [-0.25, -0.2) is 15.0 Å². The molecule has 88 valence electrons. The summed E-state index contributed by atoms with van der Waals surface area (Å²) in [5.41, 5.74) is 2.97. The second-order valence-corrected chi connectivity index (χ2v) is 3.99. The van der Waals surface area contributed by atoms with Crippen molar-refractivity contribution in [2.45, 2.75) is 6.42 Å². The number of aromatic nitrogens is 4. The van der Waals surface area contributed by atoms with Gasteiger partial charge in [0.05, 0.1) is 6.33 Å². The van der Waals surface area contributed by atoms with E-state index in [0.29, 0.717) is 5.65 Å². The van der Waals surface area contributed by atoms with Gasteiger partial charge in [-0.05, 0) is 13.0 Å². The van der Waals surface area contributed by atoms with E-state index in [1.807, 2.05) is 0 Å². The lowest BCUT2D eigenvalue weighted by molar-refractivity contribution is 0.698. The van der Waals surface area contributed by atoms with E-state index >= 15 is 0 Å². The van der Waals surface area contributed by atoms with Crippen LogP contribution in [0.15, 0.2) is 24.3 Å². The van der Waals surface area contributed by atoms with E-state index in [0.717, 1.165) is 37.4 Å². The standard InChI is InChI=1S/C11H14N6/c1-3-12-4-2-8(1)5-13-10-9-11(15-6-14-9)17-7-16-10/h1,6-7,12H,2-5H2,(H2,13,14,15,16,17). The van der Waals surface area contributed by atoms with Crippen LogP contribution < -0.4 is 10.6 Å². The molecule has 1 aliphatic heterocycles. The quantitative estimate of drug-likeness (QED) is 0.676. The van der Waals surface area contributed by atoms with Crippen LogP contribution in [0.4, 0.5) is 5.82 Å². The van der Waals surface area contributed by atoms with Gasteiger partial charge < -0.3 is 15.6 Å². The zero-order chi connectivity index (χ0) is 11.5. The summed E-state index contributed by atoms with van der Waals surface area (Å²) >= 11 is 0. The van der Waals surface area contributed by atoms with Crippen molar-refractivity contribution in [1.82, 2.24) is 25.3 Å². The lowest BCUT2D eigenvalue weighted by Crippen LogP contribution is -2.23. The molecule has 6 nitrogen and oxygen atoms in total. The zero-order valence-corrected chi connectivity index (χ0v) is 9.40. The first kappa shape index (κ1) is 10.2. The number of hydrogen-bond acceptors (Lipinski definition) is 5. The molecule has 0 fully saturated rings. The Morgan fingerprint density at radius 1 is 1.29 bits per heavy atom.